The largest absolute Gasteiger partial charge is 0.492 e. The average Bonchev–Trinajstić information content (AvgIpc) is 3.34. The summed E-state index contributed by atoms with van der Waals surface area (Å²) < 4.78 is 5.88. The zero-order valence-corrected chi connectivity index (χ0v) is 13.3. The van der Waals surface area contributed by atoms with Crippen LogP contribution < -0.4 is 10.1 Å². The number of hydrogen-bond donors (Lipinski definition) is 1. The lowest BCUT2D eigenvalue weighted by atomic mass is 9.90. The molecule has 1 saturated carbocycles. The van der Waals surface area contributed by atoms with Crippen LogP contribution >= 0.6 is 0 Å². The van der Waals surface area contributed by atoms with Crippen molar-refractivity contribution in [2.24, 2.45) is 5.92 Å². The molecule has 2 atom stereocenters. The van der Waals surface area contributed by atoms with Crippen LogP contribution in [0.25, 0.3) is 0 Å². The Morgan fingerprint density at radius 3 is 2.71 bits per heavy atom. The van der Waals surface area contributed by atoms with Crippen LogP contribution in [0, 0.1) is 5.92 Å². The summed E-state index contributed by atoms with van der Waals surface area (Å²) >= 11 is 0. The summed E-state index contributed by atoms with van der Waals surface area (Å²) in [5.41, 5.74) is 0.318. The average molecular weight is 288 g/mol. The van der Waals surface area contributed by atoms with Crippen LogP contribution in [0.5, 0.6) is 5.75 Å². The lowest BCUT2D eigenvalue weighted by Gasteiger charge is -2.46. The maximum atomic E-state index is 5.88. The van der Waals surface area contributed by atoms with Crippen molar-refractivity contribution < 1.29 is 4.74 Å². The minimum absolute atomic E-state index is 0.318. The molecule has 1 saturated heterocycles. The second-order valence-electron chi connectivity index (χ2n) is 6.77. The van der Waals surface area contributed by atoms with Crippen LogP contribution in [0.15, 0.2) is 30.3 Å². The van der Waals surface area contributed by atoms with Gasteiger partial charge in [0.25, 0.3) is 0 Å². The van der Waals surface area contributed by atoms with Gasteiger partial charge in [0.05, 0.1) is 0 Å². The van der Waals surface area contributed by atoms with Gasteiger partial charge in [-0.1, -0.05) is 25.1 Å². The lowest BCUT2D eigenvalue weighted by molar-refractivity contribution is 0.0611. The van der Waals surface area contributed by atoms with E-state index in [0.717, 1.165) is 37.9 Å². The summed E-state index contributed by atoms with van der Waals surface area (Å²) in [6, 6.07) is 10.8. The number of piperazine rings is 1. The summed E-state index contributed by atoms with van der Waals surface area (Å²) in [6.07, 6.45) is 4.00. The number of hydrogen-bond acceptors (Lipinski definition) is 3. The van der Waals surface area contributed by atoms with Gasteiger partial charge in [0, 0.05) is 31.2 Å². The fourth-order valence-corrected chi connectivity index (χ4v) is 3.54. The minimum Gasteiger partial charge on any atom is -0.492 e. The number of rotatable bonds is 6. The summed E-state index contributed by atoms with van der Waals surface area (Å²) in [6.45, 7) is 8.78. The molecule has 0 aromatic heterocycles. The first-order chi connectivity index (χ1) is 10.2. The maximum absolute atomic E-state index is 5.88. The third kappa shape index (κ3) is 3.58. The Morgan fingerprint density at radius 1 is 1.29 bits per heavy atom. The van der Waals surface area contributed by atoms with Crippen molar-refractivity contribution in [2.45, 2.75) is 44.7 Å². The van der Waals surface area contributed by atoms with E-state index in [0.29, 0.717) is 11.6 Å². The zero-order chi connectivity index (χ0) is 14.7. The summed E-state index contributed by atoms with van der Waals surface area (Å²) in [4.78, 5) is 2.64. The Hall–Kier alpha value is -1.06. The Bertz CT molecular complexity index is 446. The topological polar surface area (TPSA) is 24.5 Å². The second-order valence-corrected chi connectivity index (χ2v) is 6.77. The van der Waals surface area contributed by atoms with Gasteiger partial charge in [-0.2, -0.15) is 0 Å². The molecule has 3 heteroatoms. The standard InChI is InChI=1S/C18H28N2O/c1-3-16-13-19-18(2,15-9-10-15)14-20(16)11-12-21-17-7-5-4-6-8-17/h4-8,15-16,19H,3,9-14H2,1-2H3. The van der Waals surface area contributed by atoms with Gasteiger partial charge in [0.15, 0.2) is 0 Å². The van der Waals surface area contributed by atoms with Crippen LogP contribution in [-0.4, -0.2) is 42.7 Å². The molecule has 1 aliphatic heterocycles. The van der Waals surface area contributed by atoms with Crippen molar-refractivity contribution in [3.05, 3.63) is 30.3 Å². The molecule has 0 amide bonds. The molecule has 2 aliphatic rings. The smallest absolute Gasteiger partial charge is 0.119 e. The molecule has 1 aliphatic carbocycles. The Balaban J connectivity index is 1.53. The van der Waals surface area contributed by atoms with Crippen LogP contribution in [0.1, 0.15) is 33.1 Å². The fraction of sp³-hybridized carbons (Fsp3) is 0.667. The molecule has 0 radical (unpaired) electrons. The van der Waals surface area contributed by atoms with Crippen molar-refractivity contribution in [2.75, 3.05) is 26.2 Å². The molecule has 2 fully saturated rings. The van der Waals surface area contributed by atoms with Gasteiger partial charge in [0.1, 0.15) is 12.4 Å². The Labute approximate surface area is 128 Å². The number of ether oxygens (including phenoxy) is 1. The molecule has 3 rings (SSSR count). The first-order valence-corrected chi connectivity index (χ1v) is 8.38. The molecular formula is C18H28N2O. The highest BCUT2D eigenvalue weighted by Crippen LogP contribution is 2.41. The van der Waals surface area contributed by atoms with Crippen LogP contribution in [-0.2, 0) is 0 Å². The number of para-hydroxylation sites is 1. The quantitative estimate of drug-likeness (QED) is 0.871. The third-order valence-electron chi connectivity index (χ3n) is 5.13. The van der Waals surface area contributed by atoms with Gasteiger partial charge in [-0.25, -0.2) is 0 Å². The van der Waals surface area contributed by atoms with E-state index in [9.17, 15) is 0 Å². The molecule has 1 N–H and O–H groups in total. The number of nitrogens with zero attached hydrogens (tertiary/aromatic N) is 1. The monoisotopic (exact) mass is 288 g/mol. The molecule has 3 nitrogen and oxygen atoms in total. The van der Waals surface area contributed by atoms with Crippen molar-refractivity contribution >= 4 is 0 Å². The SMILES string of the molecule is CCC1CNC(C)(C2CC2)CN1CCOc1ccccc1. The van der Waals surface area contributed by atoms with Gasteiger partial charge in [-0.05, 0) is 44.2 Å². The van der Waals surface area contributed by atoms with Gasteiger partial charge >= 0.3 is 0 Å². The summed E-state index contributed by atoms with van der Waals surface area (Å²) in [5.74, 6) is 1.86. The molecule has 0 bridgehead atoms. The first kappa shape index (κ1) is 14.9. The molecule has 21 heavy (non-hydrogen) atoms. The highest BCUT2D eigenvalue weighted by atomic mass is 16.5. The van der Waals surface area contributed by atoms with Crippen molar-refractivity contribution in [3.8, 4) is 5.75 Å². The zero-order valence-electron chi connectivity index (χ0n) is 13.3. The van der Waals surface area contributed by atoms with Gasteiger partial charge < -0.3 is 10.1 Å². The van der Waals surface area contributed by atoms with E-state index >= 15 is 0 Å². The molecule has 116 valence electrons. The van der Waals surface area contributed by atoms with Crippen LogP contribution in [0.3, 0.4) is 0 Å². The van der Waals surface area contributed by atoms with E-state index in [-0.39, 0.29) is 0 Å². The fourth-order valence-electron chi connectivity index (χ4n) is 3.54. The second kappa shape index (κ2) is 6.37. The van der Waals surface area contributed by atoms with Crippen molar-refractivity contribution in [3.63, 3.8) is 0 Å². The Morgan fingerprint density at radius 2 is 2.05 bits per heavy atom. The first-order valence-electron chi connectivity index (χ1n) is 8.38. The maximum Gasteiger partial charge on any atom is 0.119 e. The van der Waals surface area contributed by atoms with Gasteiger partial charge in [-0.3, -0.25) is 4.90 Å². The normalized spacial score (nSPS) is 30.3. The van der Waals surface area contributed by atoms with Crippen LogP contribution in [0.2, 0.25) is 0 Å². The predicted octanol–water partition coefficient (Wildman–Crippen LogP) is 2.92. The van der Waals surface area contributed by atoms with E-state index in [1.165, 1.54) is 19.3 Å². The highest BCUT2D eigenvalue weighted by molar-refractivity contribution is 5.20. The highest BCUT2D eigenvalue weighted by Gasteiger charge is 2.45. The van der Waals surface area contributed by atoms with E-state index in [4.69, 9.17) is 4.74 Å². The van der Waals surface area contributed by atoms with E-state index < -0.39 is 0 Å². The number of benzene rings is 1. The molecule has 2 unspecified atom stereocenters. The van der Waals surface area contributed by atoms with E-state index in [2.05, 4.69) is 24.1 Å². The molecule has 1 heterocycles. The van der Waals surface area contributed by atoms with E-state index in [1.807, 2.05) is 30.3 Å². The summed E-state index contributed by atoms with van der Waals surface area (Å²) in [7, 11) is 0. The molecule has 1 aromatic carbocycles. The predicted molar refractivity (Wildman–Crippen MR) is 86.7 cm³/mol. The van der Waals surface area contributed by atoms with Crippen molar-refractivity contribution in [1.82, 2.24) is 10.2 Å². The molecule has 1 aromatic rings. The summed E-state index contributed by atoms with van der Waals surface area (Å²) in [5, 5.41) is 3.81. The van der Waals surface area contributed by atoms with Gasteiger partial charge in [-0.15, -0.1) is 0 Å². The van der Waals surface area contributed by atoms with Crippen LogP contribution in [0.4, 0.5) is 0 Å². The molecule has 0 spiro atoms. The number of nitrogens with one attached hydrogen (secondary N) is 1. The van der Waals surface area contributed by atoms with Crippen molar-refractivity contribution in [1.29, 1.82) is 0 Å². The lowest BCUT2D eigenvalue weighted by Crippen LogP contribution is -2.64. The minimum atomic E-state index is 0.318. The molecular weight excluding hydrogens is 260 g/mol. The van der Waals surface area contributed by atoms with Gasteiger partial charge in [0.2, 0.25) is 0 Å². The Kier molecular flexibility index (Phi) is 4.51. The van der Waals surface area contributed by atoms with E-state index in [1.54, 1.807) is 0 Å². The third-order valence-corrected chi connectivity index (χ3v) is 5.13.